The van der Waals surface area contributed by atoms with Gasteiger partial charge in [0.15, 0.2) is 0 Å². The predicted molar refractivity (Wildman–Crippen MR) is 71.5 cm³/mol. The van der Waals surface area contributed by atoms with Crippen molar-refractivity contribution in [3.05, 3.63) is 59.4 Å². The van der Waals surface area contributed by atoms with Crippen LogP contribution < -0.4 is 11.1 Å². The number of carboxylic acids is 1. The highest BCUT2D eigenvalue weighted by Gasteiger charge is 2.17. The molecule has 4 N–H and O–H groups in total. The standard InChI is InChI=1S/C14H13FN2O2/c15-10-6-7-11(12(13(10)16)14(18)19)17-8-9-4-2-1-3-5-9/h1-7,17H,8,16H2,(H,18,19). The average Bonchev–Trinajstić information content (AvgIpc) is 2.41. The molecular formula is C14H13FN2O2. The zero-order valence-electron chi connectivity index (χ0n) is 10.1. The first-order valence-electron chi connectivity index (χ1n) is 5.68. The van der Waals surface area contributed by atoms with E-state index in [9.17, 15) is 9.18 Å². The lowest BCUT2D eigenvalue weighted by Crippen LogP contribution is -2.10. The maximum Gasteiger partial charge on any atom is 0.340 e. The molecule has 0 radical (unpaired) electrons. The number of nitrogen functional groups attached to an aromatic ring is 1. The Morgan fingerprint density at radius 3 is 2.53 bits per heavy atom. The van der Waals surface area contributed by atoms with Crippen molar-refractivity contribution in [2.75, 3.05) is 11.1 Å². The Kier molecular flexibility index (Phi) is 3.66. The van der Waals surface area contributed by atoms with Crippen molar-refractivity contribution in [2.45, 2.75) is 6.54 Å². The molecule has 0 saturated carbocycles. The van der Waals surface area contributed by atoms with Crippen molar-refractivity contribution in [3.63, 3.8) is 0 Å². The second kappa shape index (κ2) is 5.39. The summed E-state index contributed by atoms with van der Waals surface area (Å²) in [5, 5.41) is 12.0. The molecule has 0 bridgehead atoms. The second-order valence-corrected chi connectivity index (χ2v) is 4.03. The van der Waals surface area contributed by atoms with Gasteiger partial charge in [0.25, 0.3) is 0 Å². The van der Waals surface area contributed by atoms with Crippen LogP contribution in [0, 0.1) is 5.82 Å². The van der Waals surface area contributed by atoms with Crippen molar-refractivity contribution in [1.82, 2.24) is 0 Å². The maximum absolute atomic E-state index is 13.3. The first kappa shape index (κ1) is 12.9. The fourth-order valence-corrected chi connectivity index (χ4v) is 1.76. The Labute approximate surface area is 109 Å². The highest BCUT2D eigenvalue weighted by atomic mass is 19.1. The van der Waals surface area contributed by atoms with E-state index in [0.717, 1.165) is 11.6 Å². The fraction of sp³-hybridized carbons (Fsp3) is 0.0714. The SMILES string of the molecule is Nc1c(F)ccc(NCc2ccccc2)c1C(=O)O. The molecular weight excluding hydrogens is 247 g/mol. The summed E-state index contributed by atoms with van der Waals surface area (Å²) in [6.45, 7) is 0.437. The normalized spacial score (nSPS) is 10.2. The number of hydrogen-bond acceptors (Lipinski definition) is 3. The summed E-state index contributed by atoms with van der Waals surface area (Å²) in [6, 6.07) is 12.0. The summed E-state index contributed by atoms with van der Waals surface area (Å²) in [6.07, 6.45) is 0. The van der Waals surface area contributed by atoms with Crippen molar-refractivity contribution in [3.8, 4) is 0 Å². The monoisotopic (exact) mass is 260 g/mol. The number of rotatable bonds is 4. The van der Waals surface area contributed by atoms with Crippen molar-refractivity contribution in [1.29, 1.82) is 0 Å². The number of carboxylic acid groups (broad SMARTS) is 1. The van der Waals surface area contributed by atoms with Gasteiger partial charge < -0.3 is 16.2 Å². The van der Waals surface area contributed by atoms with E-state index in [1.807, 2.05) is 30.3 Å². The van der Waals surface area contributed by atoms with E-state index in [1.54, 1.807) is 0 Å². The van der Waals surface area contributed by atoms with E-state index in [2.05, 4.69) is 5.32 Å². The highest BCUT2D eigenvalue weighted by Crippen LogP contribution is 2.25. The van der Waals surface area contributed by atoms with E-state index in [1.165, 1.54) is 6.07 Å². The molecule has 0 aliphatic rings. The Balaban J connectivity index is 2.26. The molecule has 98 valence electrons. The average molecular weight is 260 g/mol. The number of nitrogens with two attached hydrogens (primary N) is 1. The summed E-state index contributed by atoms with van der Waals surface area (Å²) in [7, 11) is 0. The van der Waals surface area contributed by atoms with E-state index < -0.39 is 11.8 Å². The quantitative estimate of drug-likeness (QED) is 0.739. The Hall–Kier alpha value is -2.56. The first-order valence-corrected chi connectivity index (χ1v) is 5.68. The summed E-state index contributed by atoms with van der Waals surface area (Å²) in [4.78, 5) is 11.1. The third-order valence-electron chi connectivity index (χ3n) is 2.73. The van der Waals surface area contributed by atoms with Gasteiger partial charge in [-0.2, -0.15) is 0 Å². The van der Waals surface area contributed by atoms with Crippen molar-refractivity contribution >= 4 is 17.3 Å². The van der Waals surface area contributed by atoms with Gasteiger partial charge in [-0.05, 0) is 17.7 Å². The number of hydrogen-bond donors (Lipinski definition) is 3. The Morgan fingerprint density at radius 1 is 1.21 bits per heavy atom. The number of anilines is 2. The van der Waals surface area contributed by atoms with Gasteiger partial charge in [0, 0.05) is 6.54 Å². The van der Waals surface area contributed by atoms with Gasteiger partial charge in [-0.15, -0.1) is 0 Å². The van der Waals surface area contributed by atoms with Crippen LogP contribution in [0.5, 0.6) is 0 Å². The summed E-state index contributed by atoms with van der Waals surface area (Å²) >= 11 is 0. The molecule has 2 rings (SSSR count). The molecule has 2 aromatic carbocycles. The van der Waals surface area contributed by atoms with Gasteiger partial charge in [-0.3, -0.25) is 0 Å². The minimum atomic E-state index is -1.26. The molecule has 0 amide bonds. The van der Waals surface area contributed by atoms with E-state index in [-0.39, 0.29) is 11.3 Å². The number of halogens is 1. The topological polar surface area (TPSA) is 75.3 Å². The zero-order chi connectivity index (χ0) is 13.8. The van der Waals surface area contributed by atoms with Gasteiger partial charge in [-0.25, -0.2) is 9.18 Å². The van der Waals surface area contributed by atoms with E-state index in [4.69, 9.17) is 10.8 Å². The van der Waals surface area contributed by atoms with Crippen molar-refractivity contribution in [2.24, 2.45) is 0 Å². The van der Waals surface area contributed by atoms with Gasteiger partial charge >= 0.3 is 5.97 Å². The van der Waals surface area contributed by atoms with Crippen LogP contribution in [0.3, 0.4) is 0 Å². The zero-order valence-corrected chi connectivity index (χ0v) is 10.1. The molecule has 0 heterocycles. The largest absolute Gasteiger partial charge is 0.478 e. The van der Waals surface area contributed by atoms with Gasteiger partial charge in [0.2, 0.25) is 0 Å². The van der Waals surface area contributed by atoms with Gasteiger partial charge in [0.1, 0.15) is 11.4 Å². The van der Waals surface area contributed by atoms with Gasteiger partial charge in [-0.1, -0.05) is 30.3 Å². The highest BCUT2D eigenvalue weighted by molar-refractivity contribution is 6.00. The smallest absolute Gasteiger partial charge is 0.340 e. The molecule has 2 aromatic rings. The number of benzene rings is 2. The lowest BCUT2D eigenvalue weighted by Gasteiger charge is -2.12. The minimum absolute atomic E-state index is 0.240. The second-order valence-electron chi connectivity index (χ2n) is 4.03. The number of aromatic carboxylic acids is 1. The molecule has 0 spiro atoms. The molecule has 0 aromatic heterocycles. The lowest BCUT2D eigenvalue weighted by molar-refractivity contribution is 0.0698. The van der Waals surface area contributed by atoms with Crippen LogP contribution in [-0.4, -0.2) is 11.1 Å². The Morgan fingerprint density at radius 2 is 1.89 bits per heavy atom. The lowest BCUT2D eigenvalue weighted by atomic mass is 10.1. The van der Waals surface area contributed by atoms with Gasteiger partial charge in [0.05, 0.1) is 11.4 Å². The van der Waals surface area contributed by atoms with Crippen LogP contribution in [0.15, 0.2) is 42.5 Å². The van der Waals surface area contributed by atoms with E-state index >= 15 is 0 Å². The maximum atomic E-state index is 13.3. The minimum Gasteiger partial charge on any atom is -0.478 e. The summed E-state index contributed by atoms with van der Waals surface area (Å²) in [5.74, 6) is -1.99. The molecule has 0 aliphatic carbocycles. The molecule has 0 atom stereocenters. The first-order chi connectivity index (χ1) is 9.09. The van der Waals surface area contributed by atoms with E-state index in [0.29, 0.717) is 12.2 Å². The molecule has 5 heteroatoms. The molecule has 0 aliphatic heterocycles. The molecule has 0 saturated heterocycles. The van der Waals surface area contributed by atoms with Crippen LogP contribution >= 0.6 is 0 Å². The van der Waals surface area contributed by atoms with Crippen molar-refractivity contribution < 1.29 is 14.3 Å². The molecule has 0 unspecified atom stereocenters. The molecule has 19 heavy (non-hydrogen) atoms. The van der Waals surface area contributed by atoms with Crippen LogP contribution in [0.4, 0.5) is 15.8 Å². The van der Waals surface area contributed by atoms with Crippen LogP contribution in [0.1, 0.15) is 15.9 Å². The summed E-state index contributed by atoms with van der Waals surface area (Å²) in [5.41, 5.74) is 6.15. The summed E-state index contributed by atoms with van der Waals surface area (Å²) < 4.78 is 13.3. The number of nitrogens with one attached hydrogen (secondary N) is 1. The molecule has 0 fully saturated rings. The third-order valence-corrected chi connectivity index (χ3v) is 2.73. The predicted octanol–water partition coefficient (Wildman–Crippen LogP) is 2.72. The Bertz CT molecular complexity index is 600. The van der Waals surface area contributed by atoms with Crippen LogP contribution in [0.2, 0.25) is 0 Å². The molecule has 4 nitrogen and oxygen atoms in total. The van der Waals surface area contributed by atoms with Crippen LogP contribution in [-0.2, 0) is 6.54 Å². The number of carbonyl (C=O) groups is 1. The fourth-order valence-electron chi connectivity index (χ4n) is 1.76. The third kappa shape index (κ3) is 2.82. The van der Waals surface area contributed by atoms with Crippen LogP contribution in [0.25, 0.3) is 0 Å².